The molecule has 1 N–H and O–H groups in total. The molecule has 0 amide bonds. The molecule has 0 bridgehead atoms. The topological polar surface area (TPSA) is 93.9 Å². The van der Waals surface area contributed by atoms with Crippen molar-refractivity contribution in [3.05, 3.63) is 86.5 Å². The Bertz CT molecular complexity index is 1950. The number of carbonyl (C=O) groups is 1. The first-order valence-electron chi connectivity index (χ1n) is 16.2. The number of halogens is 1. The summed E-state index contributed by atoms with van der Waals surface area (Å²) >= 11 is 0. The van der Waals surface area contributed by atoms with Crippen LogP contribution in [0.3, 0.4) is 0 Å². The second kappa shape index (κ2) is 11.8. The number of esters is 1. The maximum absolute atomic E-state index is 16.2. The first-order chi connectivity index (χ1) is 22.1. The molecule has 1 unspecified atom stereocenters. The Hall–Kier alpha value is -4.12. The third-order valence-corrected chi connectivity index (χ3v) is 9.78. The summed E-state index contributed by atoms with van der Waals surface area (Å²) in [7, 11) is 8.02. The Morgan fingerprint density at radius 1 is 1.11 bits per heavy atom. The number of pyridine rings is 2. The van der Waals surface area contributed by atoms with E-state index in [2.05, 4.69) is 11.8 Å². The normalized spacial score (nSPS) is 17.9. The zero-order chi connectivity index (χ0) is 34.0. The SMILES string of the molecule is CC[C@@]1(O)C(=O)OCc2c1cc1n(c2=O)Cc2c-1nc1cc(F)c([N+](C)(C)Cc3ccc(OC(C)C)cc3)cc1c2CC(C)N(C)C. The second-order valence-electron chi connectivity index (χ2n) is 14.0. The molecular weight excluding hydrogens is 599 g/mol. The van der Waals surface area contributed by atoms with Gasteiger partial charge in [-0.1, -0.05) is 6.92 Å². The average Bonchev–Trinajstić information content (AvgIpc) is 3.38. The van der Waals surface area contributed by atoms with E-state index in [4.69, 9.17) is 14.5 Å². The Balaban J connectivity index is 1.50. The lowest BCUT2D eigenvalue weighted by molar-refractivity contribution is -0.172. The maximum atomic E-state index is 16.2. The van der Waals surface area contributed by atoms with E-state index in [-0.39, 0.29) is 58.7 Å². The summed E-state index contributed by atoms with van der Waals surface area (Å²) in [4.78, 5) is 33.6. The molecule has 2 atom stereocenters. The van der Waals surface area contributed by atoms with Crippen molar-refractivity contribution in [2.75, 3.05) is 28.2 Å². The van der Waals surface area contributed by atoms with Crippen molar-refractivity contribution in [3.63, 3.8) is 0 Å². The average molecular weight is 644 g/mol. The monoisotopic (exact) mass is 643 g/mol. The third-order valence-electron chi connectivity index (χ3n) is 9.78. The highest BCUT2D eigenvalue weighted by Gasteiger charge is 2.45. The van der Waals surface area contributed by atoms with Gasteiger partial charge in [-0.2, -0.15) is 0 Å². The van der Waals surface area contributed by atoms with Gasteiger partial charge < -0.3 is 24.0 Å². The highest BCUT2D eigenvalue weighted by atomic mass is 19.1. The number of rotatable bonds is 9. The predicted molar refractivity (Wildman–Crippen MR) is 181 cm³/mol. The molecule has 0 saturated heterocycles. The van der Waals surface area contributed by atoms with Crippen molar-refractivity contribution in [1.29, 1.82) is 0 Å². The van der Waals surface area contributed by atoms with Crippen molar-refractivity contribution < 1.29 is 23.8 Å². The van der Waals surface area contributed by atoms with Gasteiger partial charge in [-0.3, -0.25) is 9.28 Å². The molecule has 9 nitrogen and oxygen atoms in total. The van der Waals surface area contributed by atoms with Gasteiger partial charge in [0, 0.05) is 40.3 Å². The van der Waals surface area contributed by atoms with Crippen LogP contribution in [0, 0.1) is 5.82 Å². The maximum Gasteiger partial charge on any atom is 0.343 e. The van der Waals surface area contributed by atoms with E-state index in [0.717, 1.165) is 27.8 Å². The molecule has 47 heavy (non-hydrogen) atoms. The fourth-order valence-electron chi connectivity index (χ4n) is 6.83. The molecule has 0 spiro atoms. The molecule has 4 heterocycles. The van der Waals surface area contributed by atoms with Gasteiger partial charge in [-0.15, -0.1) is 0 Å². The molecule has 248 valence electrons. The summed E-state index contributed by atoms with van der Waals surface area (Å²) in [6.07, 6.45) is 0.782. The lowest BCUT2D eigenvalue weighted by Gasteiger charge is -2.31. The summed E-state index contributed by atoms with van der Waals surface area (Å²) in [6.45, 7) is 8.43. The van der Waals surface area contributed by atoms with E-state index in [0.29, 0.717) is 35.6 Å². The summed E-state index contributed by atoms with van der Waals surface area (Å²) in [5, 5.41) is 12.1. The minimum atomic E-state index is -1.92. The number of carbonyl (C=O) groups excluding carboxylic acids is 1. The fraction of sp³-hybridized carbons (Fsp3) is 0.432. The van der Waals surface area contributed by atoms with Crippen LogP contribution in [0.2, 0.25) is 0 Å². The Kier molecular flexibility index (Phi) is 8.27. The van der Waals surface area contributed by atoms with E-state index in [9.17, 15) is 14.7 Å². The minimum Gasteiger partial charge on any atom is -0.491 e. The van der Waals surface area contributed by atoms with Gasteiger partial charge in [-0.25, -0.2) is 14.2 Å². The van der Waals surface area contributed by atoms with Gasteiger partial charge in [0.2, 0.25) is 0 Å². The molecule has 2 aliphatic heterocycles. The second-order valence-corrected chi connectivity index (χ2v) is 14.0. The van der Waals surface area contributed by atoms with Crippen LogP contribution in [0.1, 0.15) is 61.9 Å². The number of quaternary nitrogens is 1. The van der Waals surface area contributed by atoms with Gasteiger partial charge in [0.1, 0.15) is 18.9 Å². The molecule has 0 aliphatic carbocycles. The number of fused-ring (bicyclic) bond motifs is 5. The molecule has 4 aromatic rings. The number of likely N-dealkylation sites (N-methyl/N-ethyl adjacent to an activating group) is 1. The molecular formula is C37H44FN4O5+. The summed E-state index contributed by atoms with van der Waals surface area (Å²) in [5.74, 6) is -0.340. The molecule has 6 rings (SSSR count). The first-order valence-corrected chi connectivity index (χ1v) is 16.2. The first kappa shape index (κ1) is 32.8. The van der Waals surface area contributed by atoms with Crippen molar-refractivity contribution in [2.45, 2.75) is 78.0 Å². The lowest BCUT2D eigenvalue weighted by atomic mass is 9.86. The lowest BCUT2D eigenvalue weighted by Crippen LogP contribution is -2.44. The van der Waals surface area contributed by atoms with Gasteiger partial charge in [0.05, 0.1) is 49.2 Å². The van der Waals surface area contributed by atoms with Crippen LogP contribution >= 0.6 is 0 Å². The Labute approximate surface area is 274 Å². The molecule has 0 radical (unpaired) electrons. The summed E-state index contributed by atoms with van der Waals surface area (Å²) in [6, 6.07) is 13.2. The van der Waals surface area contributed by atoms with E-state index in [1.165, 1.54) is 6.07 Å². The number of aromatic nitrogens is 2. The molecule has 0 saturated carbocycles. The van der Waals surface area contributed by atoms with Gasteiger partial charge in [0.25, 0.3) is 5.56 Å². The van der Waals surface area contributed by atoms with E-state index in [1.54, 1.807) is 17.6 Å². The Morgan fingerprint density at radius 2 is 1.81 bits per heavy atom. The standard InChI is InChI=1S/C37H44FN4O5/c1-9-37(45)29-16-32-34-27(18-41(32)35(43)28(29)20-46-36(37)44)25(14-22(4)40(5)6)26-15-33(30(38)17-31(26)39-34)42(7,8)19-23-10-12-24(13-11-23)47-21(2)3/h10-13,15-17,21-22,45H,9,14,18-20H2,1-8H3/q+1/t22?,37-/m0/s1. The van der Waals surface area contributed by atoms with Crippen molar-refractivity contribution >= 4 is 22.6 Å². The Morgan fingerprint density at radius 3 is 2.45 bits per heavy atom. The van der Waals surface area contributed by atoms with Crippen molar-refractivity contribution in [3.8, 4) is 17.1 Å². The van der Waals surface area contributed by atoms with E-state index < -0.39 is 11.6 Å². The number of hydrogen-bond acceptors (Lipinski definition) is 7. The van der Waals surface area contributed by atoms with Gasteiger partial charge in [-0.05, 0) is 83.6 Å². The zero-order valence-corrected chi connectivity index (χ0v) is 28.5. The van der Waals surface area contributed by atoms with Crippen LogP contribution in [-0.2, 0) is 41.2 Å². The van der Waals surface area contributed by atoms with Crippen LogP contribution in [-0.4, -0.2) is 65.9 Å². The number of aliphatic hydroxyl groups is 1. The minimum absolute atomic E-state index is 0.0588. The number of hydrogen-bond donors (Lipinski definition) is 1. The number of nitrogens with zero attached hydrogens (tertiary/aromatic N) is 4. The quantitative estimate of drug-likeness (QED) is 0.173. The van der Waals surface area contributed by atoms with Gasteiger partial charge >= 0.3 is 5.97 Å². The fourth-order valence-corrected chi connectivity index (χ4v) is 6.83. The number of benzene rings is 2. The zero-order valence-electron chi connectivity index (χ0n) is 28.5. The highest BCUT2D eigenvalue weighted by molar-refractivity contribution is 5.91. The summed E-state index contributed by atoms with van der Waals surface area (Å²) in [5.41, 5.74) is 3.34. The molecule has 0 fully saturated rings. The van der Waals surface area contributed by atoms with Crippen LogP contribution in [0.5, 0.6) is 5.75 Å². The smallest absolute Gasteiger partial charge is 0.343 e. The third kappa shape index (κ3) is 5.62. The molecule has 2 aromatic heterocycles. The largest absolute Gasteiger partial charge is 0.491 e. The van der Waals surface area contributed by atoms with Crippen molar-refractivity contribution in [2.24, 2.45) is 0 Å². The molecule has 2 aliphatic rings. The molecule has 10 heteroatoms. The van der Waals surface area contributed by atoms with E-state index >= 15 is 4.39 Å². The molecule has 2 aromatic carbocycles. The van der Waals surface area contributed by atoms with Gasteiger partial charge in [0.15, 0.2) is 17.1 Å². The van der Waals surface area contributed by atoms with Crippen LogP contribution < -0.4 is 14.8 Å². The highest BCUT2D eigenvalue weighted by Crippen LogP contribution is 2.42. The van der Waals surface area contributed by atoms with Crippen molar-refractivity contribution in [1.82, 2.24) is 18.9 Å². The summed E-state index contributed by atoms with van der Waals surface area (Å²) < 4.78 is 29.1. The van der Waals surface area contributed by atoms with Crippen LogP contribution in [0.25, 0.3) is 22.3 Å². The van der Waals surface area contributed by atoms with Crippen LogP contribution in [0.4, 0.5) is 10.1 Å². The predicted octanol–water partition coefficient (Wildman–Crippen LogP) is 5.27. The van der Waals surface area contributed by atoms with E-state index in [1.807, 2.05) is 72.4 Å². The number of cyclic esters (lactones) is 1. The number of ether oxygens (including phenoxy) is 2. The van der Waals surface area contributed by atoms with Crippen LogP contribution in [0.15, 0.2) is 47.3 Å².